The highest BCUT2D eigenvalue weighted by molar-refractivity contribution is 5.93. The van der Waals surface area contributed by atoms with Gasteiger partial charge in [-0.15, -0.1) is 0 Å². The first-order valence-corrected chi connectivity index (χ1v) is 5.53. The zero-order valence-corrected chi connectivity index (χ0v) is 9.87. The Bertz CT molecular complexity index is 575. The fourth-order valence-electron chi connectivity index (χ4n) is 1.67. The van der Waals surface area contributed by atoms with Crippen LogP contribution < -0.4 is 0 Å². The van der Waals surface area contributed by atoms with Crippen molar-refractivity contribution < 1.29 is 14.3 Å². The van der Waals surface area contributed by atoms with Crippen LogP contribution in [0.25, 0.3) is 5.69 Å². The Hall–Kier alpha value is -2.43. The van der Waals surface area contributed by atoms with E-state index in [1.54, 1.807) is 42.0 Å². The first kappa shape index (κ1) is 12.0. The van der Waals surface area contributed by atoms with Gasteiger partial charge in [0.1, 0.15) is 0 Å². The van der Waals surface area contributed by atoms with Crippen molar-refractivity contribution in [1.29, 1.82) is 0 Å². The van der Waals surface area contributed by atoms with Crippen LogP contribution >= 0.6 is 0 Å². The number of hydrogen-bond donors (Lipinski definition) is 0. The van der Waals surface area contributed by atoms with Crippen LogP contribution in [0.2, 0.25) is 0 Å². The molecule has 5 heteroatoms. The van der Waals surface area contributed by atoms with Gasteiger partial charge in [-0.25, -0.2) is 9.78 Å². The molecular weight excluding hydrogens is 232 g/mol. The van der Waals surface area contributed by atoms with E-state index in [0.717, 1.165) is 0 Å². The summed E-state index contributed by atoms with van der Waals surface area (Å²) in [5.41, 5.74) is 0.982. The quantitative estimate of drug-likeness (QED) is 0.608. The van der Waals surface area contributed by atoms with E-state index in [2.05, 4.69) is 4.98 Å². The molecule has 0 saturated heterocycles. The summed E-state index contributed by atoms with van der Waals surface area (Å²) in [6.07, 6.45) is 3.77. The Balaban J connectivity index is 2.51. The van der Waals surface area contributed by atoms with Gasteiger partial charge < -0.3 is 4.74 Å². The maximum Gasteiger partial charge on any atom is 0.340 e. The molecule has 0 aliphatic rings. The molecule has 0 N–H and O–H groups in total. The zero-order chi connectivity index (χ0) is 13.0. The summed E-state index contributed by atoms with van der Waals surface area (Å²) in [4.78, 5) is 26.6. The molecule has 0 atom stereocenters. The number of ether oxygens (including phenoxy) is 1. The van der Waals surface area contributed by atoms with E-state index >= 15 is 0 Å². The molecule has 2 aromatic rings. The third-order valence-electron chi connectivity index (χ3n) is 2.43. The summed E-state index contributed by atoms with van der Waals surface area (Å²) >= 11 is 0. The molecule has 0 spiro atoms. The van der Waals surface area contributed by atoms with E-state index in [4.69, 9.17) is 4.74 Å². The van der Waals surface area contributed by atoms with Crippen LogP contribution in [0.3, 0.4) is 0 Å². The SMILES string of the molecule is CCOC(=O)c1ccccc1-n1ccnc1C=O. The van der Waals surface area contributed by atoms with Crippen molar-refractivity contribution in [3.05, 3.63) is 48.0 Å². The number of aldehydes is 1. The summed E-state index contributed by atoms with van der Waals surface area (Å²) in [5, 5.41) is 0. The number of hydrogen-bond acceptors (Lipinski definition) is 4. The molecule has 0 aliphatic carbocycles. The summed E-state index contributed by atoms with van der Waals surface area (Å²) in [7, 11) is 0. The number of imidazole rings is 1. The fraction of sp³-hybridized carbons (Fsp3) is 0.154. The number of carbonyl (C=O) groups is 2. The minimum atomic E-state index is -0.418. The molecular formula is C13H12N2O3. The average Bonchev–Trinajstić information content (AvgIpc) is 2.87. The van der Waals surface area contributed by atoms with Crippen LogP contribution in [0.5, 0.6) is 0 Å². The Morgan fingerprint density at radius 1 is 1.44 bits per heavy atom. The molecule has 18 heavy (non-hydrogen) atoms. The topological polar surface area (TPSA) is 61.2 Å². The van der Waals surface area contributed by atoms with Crippen molar-refractivity contribution in [3.63, 3.8) is 0 Å². The summed E-state index contributed by atoms with van der Waals surface area (Å²) < 4.78 is 6.53. The van der Waals surface area contributed by atoms with Crippen molar-refractivity contribution in [1.82, 2.24) is 9.55 Å². The van der Waals surface area contributed by atoms with Crippen LogP contribution in [0, 0.1) is 0 Å². The number of aromatic nitrogens is 2. The van der Waals surface area contributed by atoms with Crippen molar-refractivity contribution >= 4 is 12.3 Å². The highest BCUT2D eigenvalue weighted by Gasteiger charge is 2.14. The molecule has 0 saturated carbocycles. The van der Waals surface area contributed by atoms with Crippen LogP contribution in [-0.4, -0.2) is 28.4 Å². The van der Waals surface area contributed by atoms with Crippen LogP contribution in [-0.2, 0) is 4.74 Å². The predicted octanol–water partition coefficient (Wildman–Crippen LogP) is 1.86. The minimum absolute atomic E-state index is 0.242. The second-order valence-electron chi connectivity index (χ2n) is 3.51. The van der Waals surface area contributed by atoms with Gasteiger partial charge in [0.15, 0.2) is 12.1 Å². The Labute approximate surface area is 104 Å². The molecule has 5 nitrogen and oxygen atoms in total. The van der Waals surface area contributed by atoms with Crippen molar-refractivity contribution in [2.24, 2.45) is 0 Å². The summed E-state index contributed by atoms with van der Waals surface area (Å²) in [6.45, 7) is 2.05. The van der Waals surface area contributed by atoms with Crippen LogP contribution in [0.4, 0.5) is 0 Å². The minimum Gasteiger partial charge on any atom is -0.462 e. The number of benzene rings is 1. The molecule has 0 amide bonds. The molecule has 0 radical (unpaired) electrons. The Morgan fingerprint density at radius 3 is 2.94 bits per heavy atom. The van der Waals surface area contributed by atoms with Crippen LogP contribution in [0.15, 0.2) is 36.7 Å². The van der Waals surface area contributed by atoms with E-state index in [0.29, 0.717) is 24.1 Å². The molecule has 0 aliphatic heterocycles. The number of para-hydroxylation sites is 1. The maximum atomic E-state index is 11.8. The standard InChI is InChI=1S/C13H12N2O3/c1-2-18-13(17)10-5-3-4-6-11(10)15-8-7-14-12(15)9-16/h3-9H,2H2,1H3. The second-order valence-corrected chi connectivity index (χ2v) is 3.51. The largest absolute Gasteiger partial charge is 0.462 e. The lowest BCUT2D eigenvalue weighted by molar-refractivity contribution is 0.0526. The van der Waals surface area contributed by atoms with E-state index in [1.165, 1.54) is 6.20 Å². The lowest BCUT2D eigenvalue weighted by atomic mass is 10.1. The number of rotatable bonds is 4. The monoisotopic (exact) mass is 244 g/mol. The van der Waals surface area contributed by atoms with Crippen molar-refractivity contribution in [2.75, 3.05) is 6.61 Å². The van der Waals surface area contributed by atoms with Crippen LogP contribution in [0.1, 0.15) is 27.9 Å². The summed E-state index contributed by atoms with van der Waals surface area (Å²) in [6, 6.07) is 6.92. The Kier molecular flexibility index (Phi) is 3.52. The molecule has 1 aromatic carbocycles. The highest BCUT2D eigenvalue weighted by atomic mass is 16.5. The number of carbonyl (C=O) groups excluding carboxylic acids is 2. The van der Waals surface area contributed by atoms with Gasteiger partial charge in [-0.1, -0.05) is 12.1 Å². The first-order valence-electron chi connectivity index (χ1n) is 5.53. The maximum absolute atomic E-state index is 11.8. The normalized spacial score (nSPS) is 10.1. The molecule has 0 unspecified atom stereocenters. The highest BCUT2D eigenvalue weighted by Crippen LogP contribution is 2.16. The third kappa shape index (κ3) is 2.15. The molecule has 1 aromatic heterocycles. The molecule has 92 valence electrons. The lowest BCUT2D eigenvalue weighted by Crippen LogP contribution is -2.10. The zero-order valence-electron chi connectivity index (χ0n) is 9.87. The number of nitrogens with zero attached hydrogens (tertiary/aromatic N) is 2. The van der Waals surface area contributed by atoms with E-state index in [9.17, 15) is 9.59 Å². The fourth-order valence-corrected chi connectivity index (χ4v) is 1.67. The van der Waals surface area contributed by atoms with Gasteiger partial charge in [-0.05, 0) is 19.1 Å². The lowest BCUT2D eigenvalue weighted by Gasteiger charge is -2.10. The van der Waals surface area contributed by atoms with Gasteiger partial charge in [0.2, 0.25) is 0 Å². The molecule has 0 fully saturated rings. The molecule has 2 rings (SSSR count). The van der Waals surface area contributed by atoms with Crippen molar-refractivity contribution in [3.8, 4) is 5.69 Å². The summed E-state index contributed by atoms with van der Waals surface area (Å²) in [5.74, 6) is -0.176. The molecule has 1 heterocycles. The van der Waals surface area contributed by atoms with Gasteiger partial charge in [-0.3, -0.25) is 9.36 Å². The van der Waals surface area contributed by atoms with Gasteiger partial charge in [0.05, 0.1) is 17.9 Å². The van der Waals surface area contributed by atoms with Crippen molar-refractivity contribution in [2.45, 2.75) is 6.92 Å². The second kappa shape index (κ2) is 5.27. The molecule has 0 bridgehead atoms. The average molecular weight is 244 g/mol. The van der Waals surface area contributed by atoms with Gasteiger partial charge in [0.25, 0.3) is 0 Å². The first-order chi connectivity index (χ1) is 8.77. The van der Waals surface area contributed by atoms with E-state index in [-0.39, 0.29) is 5.82 Å². The van der Waals surface area contributed by atoms with E-state index in [1.807, 2.05) is 0 Å². The smallest absolute Gasteiger partial charge is 0.340 e. The number of esters is 1. The third-order valence-corrected chi connectivity index (χ3v) is 2.43. The predicted molar refractivity (Wildman–Crippen MR) is 64.9 cm³/mol. The van der Waals surface area contributed by atoms with E-state index < -0.39 is 5.97 Å². The van der Waals surface area contributed by atoms with Gasteiger partial charge in [0, 0.05) is 12.4 Å². The van der Waals surface area contributed by atoms with Gasteiger partial charge in [-0.2, -0.15) is 0 Å². The Morgan fingerprint density at radius 2 is 2.22 bits per heavy atom. The van der Waals surface area contributed by atoms with Gasteiger partial charge >= 0.3 is 5.97 Å².